The van der Waals surface area contributed by atoms with Gasteiger partial charge in [0, 0.05) is 31.5 Å². The second kappa shape index (κ2) is 6.30. The van der Waals surface area contributed by atoms with E-state index in [4.69, 9.17) is 0 Å². The zero-order chi connectivity index (χ0) is 17.4. The molecule has 1 saturated carbocycles. The lowest BCUT2D eigenvalue weighted by Gasteiger charge is -2.38. The molecule has 0 amide bonds. The van der Waals surface area contributed by atoms with Crippen molar-refractivity contribution < 1.29 is 9.90 Å². The van der Waals surface area contributed by atoms with Crippen molar-refractivity contribution in [1.82, 2.24) is 14.9 Å². The highest BCUT2D eigenvalue weighted by molar-refractivity contribution is 5.76. The number of carboxylic acids is 1. The summed E-state index contributed by atoms with van der Waals surface area (Å²) < 4.78 is 0. The number of nitrogens with zero attached hydrogens (tertiary/aromatic N) is 2. The van der Waals surface area contributed by atoms with E-state index in [-0.39, 0.29) is 5.92 Å². The van der Waals surface area contributed by atoms with Gasteiger partial charge in [-0.2, -0.15) is 0 Å². The highest BCUT2D eigenvalue weighted by atomic mass is 16.4. The number of fused-ring (bicyclic) bond motifs is 1. The SMILES string of the molecule is Cc1ncc(CN2C[C@@H]3C[C@@H](c4ccccc4)CC[C@]3(C(=O)O)C2)[nH]1. The van der Waals surface area contributed by atoms with E-state index in [1.54, 1.807) is 0 Å². The number of hydrogen-bond acceptors (Lipinski definition) is 3. The quantitative estimate of drug-likeness (QED) is 0.897. The number of nitrogens with one attached hydrogen (secondary N) is 1. The maximum absolute atomic E-state index is 12.2. The van der Waals surface area contributed by atoms with Gasteiger partial charge in [0.05, 0.1) is 5.41 Å². The molecule has 2 heterocycles. The third-order valence-electron chi connectivity index (χ3n) is 6.12. The summed E-state index contributed by atoms with van der Waals surface area (Å²) in [6, 6.07) is 10.6. The number of aromatic amines is 1. The fourth-order valence-electron chi connectivity index (χ4n) is 4.85. The first-order valence-electron chi connectivity index (χ1n) is 9.08. The number of aliphatic carboxylic acids is 1. The van der Waals surface area contributed by atoms with E-state index in [2.05, 4.69) is 39.1 Å². The number of benzene rings is 1. The van der Waals surface area contributed by atoms with Crippen molar-refractivity contribution in [1.29, 1.82) is 0 Å². The van der Waals surface area contributed by atoms with Crippen LogP contribution in [-0.4, -0.2) is 39.0 Å². The van der Waals surface area contributed by atoms with E-state index >= 15 is 0 Å². The maximum atomic E-state index is 12.2. The Kier molecular flexibility index (Phi) is 4.12. The molecule has 0 spiro atoms. The molecule has 2 fully saturated rings. The number of hydrogen-bond donors (Lipinski definition) is 2. The molecule has 5 heteroatoms. The lowest BCUT2D eigenvalue weighted by atomic mass is 9.64. The molecule has 4 rings (SSSR count). The summed E-state index contributed by atoms with van der Waals surface area (Å²) in [5, 5.41) is 10.00. The Morgan fingerprint density at radius 3 is 2.88 bits per heavy atom. The van der Waals surface area contributed by atoms with Gasteiger partial charge >= 0.3 is 5.97 Å². The molecular formula is C20H25N3O2. The summed E-state index contributed by atoms with van der Waals surface area (Å²) >= 11 is 0. The van der Waals surface area contributed by atoms with Crippen molar-refractivity contribution in [2.24, 2.45) is 11.3 Å². The molecule has 1 aliphatic carbocycles. The summed E-state index contributed by atoms with van der Waals surface area (Å²) in [4.78, 5) is 22.0. The minimum atomic E-state index is -0.618. The Labute approximate surface area is 148 Å². The molecule has 2 N–H and O–H groups in total. The second-order valence-corrected chi connectivity index (χ2v) is 7.70. The van der Waals surface area contributed by atoms with Crippen LogP contribution in [-0.2, 0) is 11.3 Å². The fraction of sp³-hybridized carbons (Fsp3) is 0.500. The molecule has 3 atom stereocenters. The molecule has 0 unspecified atom stereocenters. The minimum Gasteiger partial charge on any atom is -0.481 e. The molecule has 2 aliphatic rings. The molecular weight excluding hydrogens is 314 g/mol. The molecule has 2 aromatic rings. The van der Waals surface area contributed by atoms with Crippen LogP contribution in [0.5, 0.6) is 0 Å². The van der Waals surface area contributed by atoms with Gasteiger partial charge in [0.25, 0.3) is 0 Å². The summed E-state index contributed by atoms with van der Waals surface area (Å²) in [6.45, 7) is 4.19. The van der Waals surface area contributed by atoms with Crippen molar-refractivity contribution in [3.63, 3.8) is 0 Å². The lowest BCUT2D eigenvalue weighted by molar-refractivity contribution is -0.152. The zero-order valence-corrected chi connectivity index (χ0v) is 14.6. The highest BCUT2D eigenvalue weighted by Crippen LogP contribution is 2.51. The van der Waals surface area contributed by atoms with Crippen LogP contribution in [0.1, 0.15) is 42.3 Å². The molecule has 132 valence electrons. The topological polar surface area (TPSA) is 69.2 Å². The number of carbonyl (C=O) groups is 1. The summed E-state index contributed by atoms with van der Waals surface area (Å²) in [6.07, 6.45) is 4.56. The Morgan fingerprint density at radius 1 is 1.40 bits per heavy atom. The van der Waals surface area contributed by atoms with Crippen molar-refractivity contribution in [2.75, 3.05) is 13.1 Å². The number of likely N-dealkylation sites (tertiary alicyclic amines) is 1. The first-order valence-corrected chi connectivity index (χ1v) is 9.08. The van der Waals surface area contributed by atoms with E-state index < -0.39 is 11.4 Å². The smallest absolute Gasteiger partial charge is 0.311 e. The van der Waals surface area contributed by atoms with Crippen molar-refractivity contribution in [2.45, 2.75) is 38.6 Å². The van der Waals surface area contributed by atoms with Crippen LogP contribution in [0.25, 0.3) is 0 Å². The monoisotopic (exact) mass is 339 g/mol. The van der Waals surface area contributed by atoms with E-state index in [1.807, 2.05) is 19.2 Å². The fourth-order valence-corrected chi connectivity index (χ4v) is 4.85. The van der Waals surface area contributed by atoms with Crippen LogP contribution >= 0.6 is 0 Å². The molecule has 1 aliphatic heterocycles. The van der Waals surface area contributed by atoms with Crippen molar-refractivity contribution >= 4 is 5.97 Å². The van der Waals surface area contributed by atoms with Gasteiger partial charge in [0.15, 0.2) is 0 Å². The van der Waals surface area contributed by atoms with Gasteiger partial charge in [-0.15, -0.1) is 0 Å². The van der Waals surface area contributed by atoms with Crippen LogP contribution < -0.4 is 0 Å². The lowest BCUT2D eigenvalue weighted by Crippen LogP contribution is -2.42. The third-order valence-corrected chi connectivity index (χ3v) is 6.12. The Morgan fingerprint density at radius 2 is 2.20 bits per heavy atom. The maximum Gasteiger partial charge on any atom is 0.311 e. The van der Waals surface area contributed by atoms with E-state index in [0.29, 0.717) is 12.5 Å². The first kappa shape index (κ1) is 16.3. The predicted octanol–water partition coefficient (Wildman–Crippen LogP) is 3.19. The largest absolute Gasteiger partial charge is 0.481 e. The summed E-state index contributed by atoms with van der Waals surface area (Å²) in [5.41, 5.74) is 1.83. The molecule has 0 bridgehead atoms. The van der Waals surface area contributed by atoms with Gasteiger partial charge < -0.3 is 10.1 Å². The molecule has 25 heavy (non-hydrogen) atoms. The molecule has 1 aromatic carbocycles. The third kappa shape index (κ3) is 2.97. The molecule has 5 nitrogen and oxygen atoms in total. The van der Waals surface area contributed by atoms with Crippen LogP contribution in [0.4, 0.5) is 0 Å². The Bertz CT molecular complexity index is 757. The van der Waals surface area contributed by atoms with Crippen LogP contribution in [0.2, 0.25) is 0 Å². The van der Waals surface area contributed by atoms with Gasteiger partial charge in [-0.25, -0.2) is 4.98 Å². The average molecular weight is 339 g/mol. The first-order chi connectivity index (χ1) is 12.1. The standard InChI is InChI=1S/C20H25N3O2/c1-14-21-10-18(22-14)12-23-11-17-9-16(15-5-3-2-4-6-15)7-8-20(17,13-23)19(24)25/h2-6,10,16-17H,7-9,11-13H2,1H3,(H,21,22)(H,24,25)/t16-,17-,20-/m0/s1. The van der Waals surface area contributed by atoms with Gasteiger partial charge in [-0.1, -0.05) is 30.3 Å². The minimum absolute atomic E-state index is 0.216. The van der Waals surface area contributed by atoms with Crippen LogP contribution in [0.3, 0.4) is 0 Å². The highest BCUT2D eigenvalue weighted by Gasteiger charge is 2.54. The average Bonchev–Trinajstić information content (AvgIpc) is 3.18. The second-order valence-electron chi connectivity index (χ2n) is 7.70. The van der Waals surface area contributed by atoms with Gasteiger partial charge in [-0.05, 0) is 43.6 Å². The number of aromatic nitrogens is 2. The van der Waals surface area contributed by atoms with Crippen LogP contribution in [0.15, 0.2) is 36.5 Å². The van der Waals surface area contributed by atoms with E-state index in [1.165, 1.54) is 5.56 Å². The zero-order valence-electron chi connectivity index (χ0n) is 14.6. The molecule has 1 saturated heterocycles. The predicted molar refractivity (Wildman–Crippen MR) is 95.2 cm³/mol. The summed E-state index contributed by atoms with van der Waals surface area (Å²) in [7, 11) is 0. The van der Waals surface area contributed by atoms with Gasteiger partial charge in [0.2, 0.25) is 0 Å². The number of imidazole rings is 1. The normalized spacial score (nSPS) is 29.5. The van der Waals surface area contributed by atoms with E-state index in [9.17, 15) is 9.90 Å². The van der Waals surface area contributed by atoms with Crippen molar-refractivity contribution in [3.05, 3.63) is 53.6 Å². The van der Waals surface area contributed by atoms with Gasteiger partial charge in [0.1, 0.15) is 5.82 Å². The van der Waals surface area contributed by atoms with Crippen molar-refractivity contribution in [3.8, 4) is 0 Å². The Hall–Kier alpha value is -2.14. The number of carboxylic acid groups (broad SMARTS) is 1. The Balaban J connectivity index is 1.52. The van der Waals surface area contributed by atoms with E-state index in [0.717, 1.165) is 43.9 Å². The molecule has 0 radical (unpaired) electrons. The molecule has 1 aromatic heterocycles. The number of rotatable bonds is 4. The van der Waals surface area contributed by atoms with Gasteiger partial charge in [-0.3, -0.25) is 9.69 Å². The summed E-state index contributed by atoms with van der Waals surface area (Å²) in [5.74, 6) is 0.983. The number of aryl methyl sites for hydroxylation is 1. The number of H-pyrrole nitrogens is 1. The van der Waals surface area contributed by atoms with Crippen LogP contribution in [0, 0.1) is 18.3 Å².